The van der Waals surface area contributed by atoms with E-state index in [1.54, 1.807) is 17.2 Å². The maximum atomic E-state index is 11.9. The smallest absolute Gasteiger partial charge is 0.235 e. The van der Waals surface area contributed by atoms with Crippen molar-refractivity contribution in [1.29, 1.82) is 0 Å². The molecular weight excluding hydrogens is 282 g/mol. The quantitative estimate of drug-likeness (QED) is 0.665. The Labute approximate surface area is 121 Å². The van der Waals surface area contributed by atoms with Crippen molar-refractivity contribution in [3.05, 3.63) is 17.3 Å². The van der Waals surface area contributed by atoms with Gasteiger partial charge in [-0.2, -0.15) is 0 Å². The summed E-state index contributed by atoms with van der Waals surface area (Å²) in [5.41, 5.74) is 11.4. The number of carbonyl (C=O) groups is 2. The number of nitrogens with one attached hydrogen (secondary N) is 1. The molecule has 2 rings (SSSR count). The van der Waals surface area contributed by atoms with Gasteiger partial charge in [0, 0.05) is 25.8 Å². The van der Waals surface area contributed by atoms with Crippen LogP contribution in [0.1, 0.15) is 6.42 Å². The molecule has 1 unspecified atom stereocenters. The van der Waals surface area contributed by atoms with Gasteiger partial charge in [0.05, 0.1) is 5.69 Å². The molecule has 1 atom stereocenters. The molecule has 7 nitrogen and oxygen atoms in total. The van der Waals surface area contributed by atoms with Crippen molar-refractivity contribution in [2.45, 2.75) is 6.42 Å². The third-order valence-corrected chi connectivity index (χ3v) is 3.65. The molecule has 2 heterocycles. The minimum Gasteiger partial charge on any atom is -0.382 e. The van der Waals surface area contributed by atoms with Gasteiger partial charge in [0.1, 0.15) is 16.8 Å². The third kappa shape index (κ3) is 2.93. The number of halogens is 1. The van der Waals surface area contributed by atoms with E-state index in [0.717, 1.165) is 0 Å². The fraction of sp³-hybridized carbons (Fsp3) is 0.417. The number of amides is 2. The third-order valence-electron chi connectivity index (χ3n) is 3.25. The SMILES string of the molecule is NC(=O)C1CCN(CCNc2ccnc(N)c2Cl)C1=O. The molecule has 0 aromatic carbocycles. The molecule has 108 valence electrons. The second-order valence-corrected chi connectivity index (χ2v) is 4.93. The Morgan fingerprint density at radius 1 is 1.60 bits per heavy atom. The number of rotatable bonds is 5. The average Bonchev–Trinajstić information content (AvgIpc) is 2.76. The van der Waals surface area contributed by atoms with Gasteiger partial charge >= 0.3 is 0 Å². The number of aromatic nitrogens is 1. The molecule has 20 heavy (non-hydrogen) atoms. The van der Waals surface area contributed by atoms with E-state index in [4.69, 9.17) is 23.1 Å². The molecule has 0 saturated carbocycles. The second kappa shape index (κ2) is 5.96. The normalized spacial score (nSPS) is 18.4. The van der Waals surface area contributed by atoms with Crippen molar-refractivity contribution in [3.8, 4) is 0 Å². The maximum Gasteiger partial charge on any atom is 0.235 e. The molecule has 1 saturated heterocycles. The van der Waals surface area contributed by atoms with Crippen LogP contribution in [-0.2, 0) is 9.59 Å². The molecular formula is C12H16ClN5O2. The number of likely N-dealkylation sites (tertiary alicyclic amines) is 1. The number of carbonyl (C=O) groups excluding carboxylic acids is 2. The zero-order valence-electron chi connectivity index (χ0n) is 10.8. The summed E-state index contributed by atoms with van der Waals surface area (Å²) >= 11 is 5.99. The molecule has 1 aliphatic rings. The Balaban J connectivity index is 1.86. The maximum absolute atomic E-state index is 11.9. The molecule has 0 bridgehead atoms. The molecule has 1 aromatic rings. The van der Waals surface area contributed by atoms with E-state index in [-0.39, 0.29) is 11.7 Å². The number of nitrogen functional groups attached to an aromatic ring is 1. The van der Waals surface area contributed by atoms with E-state index in [1.165, 1.54) is 0 Å². The largest absolute Gasteiger partial charge is 0.382 e. The van der Waals surface area contributed by atoms with E-state index >= 15 is 0 Å². The summed E-state index contributed by atoms with van der Waals surface area (Å²) in [6.07, 6.45) is 2.03. The molecule has 8 heteroatoms. The van der Waals surface area contributed by atoms with E-state index in [0.29, 0.717) is 36.8 Å². The van der Waals surface area contributed by atoms with Crippen LogP contribution < -0.4 is 16.8 Å². The molecule has 1 aromatic heterocycles. The van der Waals surface area contributed by atoms with Gasteiger partial charge in [-0.15, -0.1) is 0 Å². The van der Waals surface area contributed by atoms with Crippen LogP contribution in [0.5, 0.6) is 0 Å². The van der Waals surface area contributed by atoms with Crippen molar-refractivity contribution in [2.75, 3.05) is 30.7 Å². The highest BCUT2D eigenvalue weighted by molar-refractivity contribution is 6.35. The average molecular weight is 298 g/mol. The lowest BCUT2D eigenvalue weighted by Gasteiger charge is -2.17. The number of nitrogens with two attached hydrogens (primary N) is 2. The minimum atomic E-state index is -0.685. The van der Waals surface area contributed by atoms with Crippen LogP contribution in [-0.4, -0.2) is 41.3 Å². The summed E-state index contributed by atoms with van der Waals surface area (Å²) < 4.78 is 0. The summed E-state index contributed by atoms with van der Waals surface area (Å²) in [4.78, 5) is 28.4. The lowest BCUT2D eigenvalue weighted by molar-refractivity contribution is -0.136. The Kier molecular flexibility index (Phi) is 4.29. The lowest BCUT2D eigenvalue weighted by Crippen LogP contribution is -2.35. The summed E-state index contributed by atoms with van der Waals surface area (Å²) in [5.74, 6) is -1.20. The number of anilines is 2. The van der Waals surface area contributed by atoms with Gasteiger partial charge < -0.3 is 21.7 Å². The van der Waals surface area contributed by atoms with E-state index in [9.17, 15) is 9.59 Å². The van der Waals surface area contributed by atoms with Gasteiger partial charge in [-0.05, 0) is 12.5 Å². The van der Waals surface area contributed by atoms with Crippen LogP contribution in [0, 0.1) is 5.92 Å². The van der Waals surface area contributed by atoms with Crippen LogP contribution in [0.4, 0.5) is 11.5 Å². The Morgan fingerprint density at radius 3 is 3.00 bits per heavy atom. The predicted octanol–water partition coefficient (Wildman–Crippen LogP) is 0.0629. The Morgan fingerprint density at radius 2 is 2.35 bits per heavy atom. The summed E-state index contributed by atoms with van der Waals surface area (Å²) in [7, 11) is 0. The van der Waals surface area contributed by atoms with Gasteiger partial charge in [-0.25, -0.2) is 4.98 Å². The predicted molar refractivity (Wildman–Crippen MR) is 76.0 cm³/mol. The first-order valence-electron chi connectivity index (χ1n) is 6.22. The zero-order valence-corrected chi connectivity index (χ0v) is 11.6. The van der Waals surface area contributed by atoms with E-state index in [1.807, 2.05) is 0 Å². The summed E-state index contributed by atoms with van der Waals surface area (Å²) in [6, 6.07) is 1.71. The molecule has 0 aliphatic carbocycles. The first-order chi connectivity index (χ1) is 9.50. The van der Waals surface area contributed by atoms with Crippen molar-refractivity contribution < 1.29 is 9.59 Å². The van der Waals surface area contributed by atoms with E-state index < -0.39 is 11.8 Å². The number of hydrogen-bond donors (Lipinski definition) is 3. The number of pyridine rings is 1. The molecule has 1 aliphatic heterocycles. The van der Waals surface area contributed by atoms with Gasteiger partial charge in [-0.3, -0.25) is 9.59 Å². The highest BCUT2D eigenvalue weighted by Gasteiger charge is 2.34. The summed E-state index contributed by atoms with van der Waals surface area (Å²) in [6.45, 7) is 1.52. The number of nitrogens with zero attached hydrogens (tertiary/aromatic N) is 2. The van der Waals surface area contributed by atoms with Crippen LogP contribution in [0.3, 0.4) is 0 Å². The van der Waals surface area contributed by atoms with Crippen molar-refractivity contribution in [1.82, 2.24) is 9.88 Å². The van der Waals surface area contributed by atoms with Crippen molar-refractivity contribution >= 4 is 34.9 Å². The number of hydrogen-bond acceptors (Lipinski definition) is 5. The van der Waals surface area contributed by atoms with Crippen LogP contribution in [0.25, 0.3) is 0 Å². The van der Waals surface area contributed by atoms with Gasteiger partial charge in [0.15, 0.2) is 0 Å². The Bertz CT molecular complexity index is 537. The molecule has 0 spiro atoms. The van der Waals surface area contributed by atoms with Crippen LogP contribution in [0.15, 0.2) is 12.3 Å². The first-order valence-corrected chi connectivity index (χ1v) is 6.60. The lowest BCUT2D eigenvalue weighted by atomic mass is 10.1. The topological polar surface area (TPSA) is 114 Å². The standard InChI is InChI=1S/C12H16ClN5O2/c13-9-8(1-3-17-10(9)14)16-4-6-18-5-2-7(11(15)19)12(18)20/h1,3,7H,2,4-6H2,(H2,15,19)(H3,14,16,17). The van der Waals surface area contributed by atoms with Crippen LogP contribution in [0.2, 0.25) is 5.02 Å². The molecule has 1 fully saturated rings. The van der Waals surface area contributed by atoms with Gasteiger partial charge in [0.25, 0.3) is 0 Å². The molecule has 2 amide bonds. The monoisotopic (exact) mass is 297 g/mol. The Hall–Kier alpha value is -2.02. The second-order valence-electron chi connectivity index (χ2n) is 4.55. The van der Waals surface area contributed by atoms with Crippen LogP contribution >= 0.6 is 11.6 Å². The van der Waals surface area contributed by atoms with E-state index in [2.05, 4.69) is 10.3 Å². The highest BCUT2D eigenvalue weighted by Crippen LogP contribution is 2.25. The fourth-order valence-electron chi connectivity index (χ4n) is 2.15. The zero-order chi connectivity index (χ0) is 14.7. The van der Waals surface area contributed by atoms with Gasteiger partial charge in [0.2, 0.25) is 11.8 Å². The molecule has 0 radical (unpaired) electrons. The highest BCUT2D eigenvalue weighted by atomic mass is 35.5. The fourth-order valence-corrected chi connectivity index (χ4v) is 2.33. The molecule has 5 N–H and O–H groups in total. The summed E-state index contributed by atoms with van der Waals surface area (Å²) in [5, 5.41) is 3.44. The van der Waals surface area contributed by atoms with Gasteiger partial charge in [-0.1, -0.05) is 11.6 Å². The first kappa shape index (κ1) is 14.4. The van der Waals surface area contributed by atoms with Crippen molar-refractivity contribution in [2.24, 2.45) is 11.7 Å². The minimum absolute atomic E-state index is 0.209. The van der Waals surface area contributed by atoms with Crippen molar-refractivity contribution in [3.63, 3.8) is 0 Å². The number of primary amides is 1.